The standard InChI is InChI=1S/C20H19ClN4O/c1-12-5-4-6-17(14(12)3)25-20(26)18-10-23-19(11-22-18)24-15-8-7-13(2)16(21)9-15/h4-11H,1-3H3,(H,23,24)(H,25,26). The van der Waals surface area contributed by atoms with Gasteiger partial charge in [-0.05, 0) is 55.7 Å². The molecule has 3 rings (SSSR count). The lowest BCUT2D eigenvalue weighted by molar-refractivity contribution is 0.102. The van der Waals surface area contributed by atoms with Crippen LogP contribution in [0.5, 0.6) is 0 Å². The van der Waals surface area contributed by atoms with E-state index >= 15 is 0 Å². The first-order valence-electron chi connectivity index (χ1n) is 8.17. The first-order chi connectivity index (χ1) is 12.4. The molecule has 0 saturated carbocycles. The molecule has 26 heavy (non-hydrogen) atoms. The van der Waals surface area contributed by atoms with Crippen LogP contribution in [0.3, 0.4) is 0 Å². The number of halogens is 1. The number of hydrogen-bond donors (Lipinski definition) is 2. The Bertz CT molecular complexity index is 955. The highest BCUT2D eigenvalue weighted by Crippen LogP contribution is 2.22. The number of rotatable bonds is 4. The van der Waals surface area contributed by atoms with Crippen molar-refractivity contribution >= 4 is 34.7 Å². The molecule has 0 bridgehead atoms. The van der Waals surface area contributed by atoms with Crippen LogP contribution < -0.4 is 10.6 Å². The third-order valence-electron chi connectivity index (χ3n) is 4.18. The van der Waals surface area contributed by atoms with Gasteiger partial charge >= 0.3 is 0 Å². The Morgan fingerprint density at radius 3 is 2.50 bits per heavy atom. The van der Waals surface area contributed by atoms with Crippen molar-refractivity contribution in [3.05, 3.63) is 76.2 Å². The zero-order chi connectivity index (χ0) is 18.7. The maximum Gasteiger partial charge on any atom is 0.275 e. The van der Waals surface area contributed by atoms with Crippen LogP contribution in [0.15, 0.2) is 48.8 Å². The van der Waals surface area contributed by atoms with Crippen LogP contribution in [-0.4, -0.2) is 15.9 Å². The van der Waals surface area contributed by atoms with E-state index in [1.165, 1.54) is 12.4 Å². The molecule has 5 nitrogen and oxygen atoms in total. The summed E-state index contributed by atoms with van der Waals surface area (Å²) in [6.45, 7) is 5.91. The van der Waals surface area contributed by atoms with Gasteiger partial charge in [0.1, 0.15) is 11.5 Å². The monoisotopic (exact) mass is 366 g/mol. The number of hydrogen-bond acceptors (Lipinski definition) is 4. The predicted molar refractivity (Wildman–Crippen MR) is 105 cm³/mol. The number of anilines is 3. The van der Waals surface area contributed by atoms with E-state index < -0.39 is 0 Å². The Kier molecular flexibility index (Phi) is 5.19. The number of amides is 1. The Hall–Kier alpha value is -2.92. The van der Waals surface area contributed by atoms with Crippen LogP contribution >= 0.6 is 11.6 Å². The van der Waals surface area contributed by atoms with Gasteiger partial charge in [0, 0.05) is 16.4 Å². The normalized spacial score (nSPS) is 10.5. The number of carbonyl (C=O) groups is 1. The molecule has 6 heteroatoms. The minimum atomic E-state index is -0.295. The minimum absolute atomic E-state index is 0.249. The zero-order valence-corrected chi connectivity index (χ0v) is 15.6. The third-order valence-corrected chi connectivity index (χ3v) is 4.59. The van der Waals surface area contributed by atoms with Gasteiger partial charge in [-0.3, -0.25) is 4.79 Å². The molecule has 132 valence electrons. The summed E-state index contributed by atoms with van der Waals surface area (Å²) >= 11 is 6.12. The van der Waals surface area contributed by atoms with Crippen molar-refractivity contribution in [2.24, 2.45) is 0 Å². The van der Waals surface area contributed by atoms with E-state index in [9.17, 15) is 4.79 Å². The van der Waals surface area contributed by atoms with E-state index in [0.717, 1.165) is 28.1 Å². The van der Waals surface area contributed by atoms with Crippen LogP contribution in [0.1, 0.15) is 27.2 Å². The van der Waals surface area contributed by atoms with E-state index in [-0.39, 0.29) is 11.6 Å². The van der Waals surface area contributed by atoms with Gasteiger partial charge in [0.05, 0.1) is 12.4 Å². The second-order valence-corrected chi connectivity index (χ2v) is 6.48. The average Bonchev–Trinajstić information content (AvgIpc) is 2.63. The smallest absolute Gasteiger partial charge is 0.275 e. The van der Waals surface area contributed by atoms with Gasteiger partial charge < -0.3 is 10.6 Å². The highest BCUT2D eigenvalue weighted by molar-refractivity contribution is 6.31. The quantitative estimate of drug-likeness (QED) is 0.678. The lowest BCUT2D eigenvalue weighted by atomic mass is 10.1. The second kappa shape index (κ2) is 7.54. The fourth-order valence-corrected chi connectivity index (χ4v) is 2.58. The van der Waals surface area contributed by atoms with Crippen molar-refractivity contribution in [1.29, 1.82) is 0 Å². The fraction of sp³-hybridized carbons (Fsp3) is 0.150. The van der Waals surface area contributed by atoms with Gasteiger partial charge in [-0.25, -0.2) is 9.97 Å². The Morgan fingerprint density at radius 1 is 1.00 bits per heavy atom. The van der Waals surface area contributed by atoms with Gasteiger partial charge in [-0.2, -0.15) is 0 Å². The zero-order valence-electron chi connectivity index (χ0n) is 14.8. The molecular formula is C20H19ClN4O. The Morgan fingerprint density at radius 2 is 1.81 bits per heavy atom. The SMILES string of the molecule is Cc1ccc(Nc2cnc(C(=O)Nc3cccc(C)c3C)cn2)cc1Cl. The molecule has 0 saturated heterocycles. The van der Waals surface area contributed by atoms with Crippen LogP contribution in [-0.2, 0) is 0 Å². The molecule has 3 aromatic rings. The molecule has 1 amide bonds. The largest absolute Gasteiger partial charge is 0.339 e. The molecule has 0 aliphatic carbocycles. The van der Waals surface area contributed by atoms with Gasteiger partial charge in [0.15, 0.2) is 0 Å². The number of aromatic nitrogens is 2. The molecule has 0 aliphatic heterocycles. The van der Waals surface area contributed by atoms with Crippen LogP contribution in [0.25, 0.3) is 0 Å². The Labute approximate surface area is 157 Å². The number of benzene rings is 2. The molecule has 0 atom stereocenters. The molecule has 0 spiro atoms. The molecule has 0 aliphatic rings. The molecule has 1 heterocycles. The Balaban J connectivity index is 1.71. The van der Waals surface area contributed by atoms with Crippen molar-refractivity contribution in [3.63, 3.8) is 0 Å². The van der Waals surface area contributed by atoms with Crippen molar-refractivity contribution in [3.8, 4) is 0 Å². The van der Waals surface area contributed by atoms with Gasteiger partial charge in [-0.1, -0.05) is 29.8 Å². The molecule has 0 unspecified atom stereocenters. The molecule has 1 aromatic heterocycles. The van der Waals surface area contributed by atoms with Gasteiger partial charge in [-0.15, -0.1) is 0 Å². The molecule has 2 aromatic carbocycles. The number of nitrogens with one attached hydrogen (secondary N) is 2. The van der Waals surface area contributed by atoms with Crippen molar-refractivity contribution in [1.82, 2.24) is 9.97 Å². The summed E-state index contributed by atoms with van der Waals surface area (Å²) in [5.41, 5.74) is 4.98. The summed E-state index contributed by atoms with van der Waals surface area (Å²) in [4.78, 5) is 20.8. The molecular weight excluding hydrogens is 348 g/mol. The van der Waals surface area contributed by atoms with Crippen molar-refractivity contribution in [2.45, 2.75) is 20.8 Å². The van der Waals surface area contributed by atoms with Gasteiger partial charge in [0.2, 0.25) is 0 Å². The highest BCUT2D eigenvalue weighted by atomic mass is 35.5. The van der Waals surface area contributed by atoms with Crippen LogP contribution in [0, 0.1) is 20.8 Å². The second-order valence-electron chi connectivity index (χ2n) is 6.08. The van der Waals surface area contributed by atoms with Gasteiger partial charge in [0.25, 0.3) is 5.91 Å². The highest BCUT2D eigenvalue weighted by Gasteiger charge is 2.11. The maximum absolute atomic E-state index is 12.4. The lowest BCUT2D eigenvalue weighted by Crippen LogP contribution is -2.15. The van der Waals surface area contributed by atoms with Crippen LogP contribution in [0.4, 0.5) is 17.2 Å². The molecule has 2 N–H and O–H groups in total. The molecule has 0 radical (unpaired) electrons. The fourth-order valence-electron chi connectivity index (χ4n) is 2.40. The summed E-state index contributed by atoms with van der Waals surface area (Å²) in [5.74, 6) is 0.240. The summed E-state index contributed by atoms with van der Waals surface area (Å²) in [6, 6.07) is 11.4. The minimum Gasteiger partial charge on any atom is -0.339 e. The first-order valence-corrected chi connectivity index (χ1v) is 8.54. The summed E-state index contributed by atoms with van der Waals surface area (Å²) in [7, 11) is 0. The van der Waals surface area contributed by atoms with Crippen molar-refractivity contribution in [2.75, 3.05) is 10.6 Å². The topological polar surface area (TPSA) is 66.9 Å². The summed E-state index contributed by atoms with van der Waals surface area (Å²) < 4.78 is 0. The number of aryl methyl sites for hydroxylation is 2. The van der Waals surface area contributed by atoms with E-state index in [4.69, 9.17) is 11.6 Å². The maximum atomic E-state index is 12.4. The van der Waals surface area contributed by atoms with Crippen LogP contribution in [0.2, 0.25) is 5.02 Å². The number of nitrogens with zero attached hydrogens (tertiary/aromatic N) is 2. The van der Waals surface area contributed by atoms with E-state index in [2.05, 4.69) is 20.6 Å². The number of carbonyl (C=O) groups excluding carboxylic acids is 1. The lowest BCUT2D eigenvalue weighted by Gasteiger charge is -2.10. The van der Waals surface area contributed by atoms with E-state index in [0.29, 0.717) is 10.8 Å². The predicted octanol–water partition coefficient (Wildman–Crippen LogP) is 5.05. The summed E-state index contributed by atoms with van der Waals surface area (Å²) in [5, 5.41) is 6.66. The average molecular weight is 367 g/mol. The van der Waals surface area contributed by atoms with E-state index in [1.807, 2.05) is 57.2 Å². The van der Waals surface area contributed by atoms with E-state index in [1.54, 1.807) is 0 Å². The molecule has 0 fully saturated rings. The van der Waals surface area contributed by atoms with Crippen molar-refractivity contribution < 1.29 is 4.79 Å². The summed E-state index contributed by atoms with van der Waals surface area (Å²) in [6.07, 6.45) is 2.96. The first kappa shape index (κ1) is 17.9. The third kappa shape index (κ3) is 4.00.